The van der Waals surface area contributed by atoms with Crippen molar-refractivity contribution >= 4 is 40.7 Å². The zero-order valence-corrected chi connectivity index (χ0v) is 18.2. The third-order valence-corrected chi connectivity index (χ3v) is 6.24. The molecule has 2 fully saturated rings. The van der Waals surface area contributed by atoms with Crippen molar-refractivity contribution in [1.82, 2.24) is 15.2 Å². The predicted molar refractivity (Wildman–Crippen MR) is 119 cm³/mol. The van der Waals surface area contributed by atoms with Crippen LogP contribution in [0.25, 0.3) is 0 Å². The summed E-state index contributed by atoms with van der Waals surface area (Å²) in [7, 11) is 0. The molecule has 1 aromatic heterocycles. The lowest BCUT2D eigenvalue weighted by molar-refractivity contribution is -0.138. The van der Waals surface area contributed by atoms with Gasteiger partial charge in [-0.2, -0.15) is 0 Å². The Morgan fingerprint density at radius 1 is 1.27 bits per heavy atom. The summed E-state index contributed by atoms with van der Waals surface area (Å²) in [6, 6.07) is 5.37. The van der Waals surface area contributed by atoms with Crippen molar-refractivity contribution < 1.29 is 18.8 Å². The highest BCUT2D eigenvalue weighted by Crippen LogP contribution is 2.47. The number of primary amides is 1. The number of aromatic nitrogens is 1. The molecule has 11 heteroatoms. The lowest BCUT2D eigenvalue weighted by atomic mass is 10.1. The smallest absolute Gasteiger partial charge is 0.267 e. The number of nitrogens with zero attached hydrogens (tertiary/aromatic N) is 2. The van der Waals surface area contributed by atoms with Gasteiger partial charge in [-0.05, 0) is 30.9 Å². The highest BCUT2D eigenvalue weighted by molar-refractivity contribution is 6.44. The average molecular weight is 473 g/mol. The minimum atomic E-state index is -0.899. The Balaban J connectivity index is 1.40. The number of rotatable bonds is 8. The third kappa shape index (κ3) is 4.65. The molecule has 1 aliphatic carbocycles. The molecule has 0 bridgehead atoms. The largest absolute Gasteiger partial charge is 0.374 e. The molecule has 172 valence electrons. The number of anilines is 1. The second kappa shape index (κ2) is 9.14. The van der Waals surface area contributed by atoms with E-state index in [0.717, 1.165) is 6.42 Å². The van der Waals surface area contributed by atoms with E-state index in [9.17, 15) is 18.8 Å². The number of benzene rings is 1. The summed E-state index contributed by atoms with van der Waals surface area (Å²) in [5, 5.41) is 13.4. The van der Waals surface area contributed by atoms with Gasteiger partial charge in [0.05, 0.1) is 23.5 Å². The highest BCUT2D eigenvalue weighted by Gasteiger charge is 2.55. The van der Waals surface area contributed by atoms with Gasteiger partial charge in [0.2, 0.25) is 11.8 Å². The molecule has 2 heterocycles. The van der Waals surface area contributed by atoms with Crippen molar-refractivity contribution in [2.75, 3.05) is 11.9 Å². The van der Waals surface area contributed by atoms with E-state index in [4.69, 9.17) is 22.7 Å². The van der Waals surface area contributed by atoms with E-state index in [-0.39, 0.29) is 53.0 Å². The standard InChI is InChI=1S/C22H22ClFN6O3/c23-14-3-1-2-11(19(14)24)8-29-22(33)17-7-12-6-16(12)30(17)18(31)10-28-15-9-27-5-4-13(15)20(25)21(26)32/h1-5,9,12,16-17,25,28H,6-8,10H2,(H2,26,32)(H,29,33)/t12-,16-,17+/m1/s1. The van der Waals surface area contributed by atoms with Crippen LogP contribution in [-0.4, -0.2) is 51.9 Å². The number of hydrogen-bond donors (Lipinski definition) is 4. The van der Waals surface area contributed by atoms with Gasteiger partial charge in [-0.3, -0.25) is 24.8 Å². The molecular formula is C22H22ClFN6O3. The van der Waals surface area contributed by atoms with E-state index in [1.807, 2.05) is 0 Å². The molecular weight excluding hydrogens is 451 g/mol. The summed E-state index contributed by atoms with van der Waals surface area (Å²) in [5.74, 6) is -1.87. The SMILES string of the molecule is N=C(C(N)=O)c1ccncc1NCC(=O)N1[C@@H]2C[C@@H]2C[C@H]1C(=O)NCc1cccc(Cl)c1F. The van der Waals surface area contributed by atoms with Gasteiger partial charge in [-0.1, -0.05) is 23.7 Å². The normalized spacial score (nSPS) is 20.7. The molecule has 2 aromatic rings. The Labute approximate surface area is 194 Å². The quantitative estimate of drug-likeness (QED) is 0.430. The van der Waals surface area contributed by atoms with Gasteiger partial charge in [0.15, 0.2) is 0 Å². The first-order valence-corrected chi connectivity index (χ1v) is 10.7. The molecule has 0 unspecified atom stereocenters. The molecule has 9 nitrogen and oxygen atoms in total. The summed E-state index contributed by atoms with van der Waals surface area (Å²) < 4.78 is 14.1. The zero-order valence-electron chi connectivity index (χ0n) is 17.5. The van der Waals surface area contributed by atoms with Crippen molar-refractivity contribution in [3.63, 3.8) is 0 Å². The Morgan fingerprint density at radius 3 is 2.82 bits per heavy atom. The molecule has 1 aliphatic heterocycles. The Morgan fingerprint density at radius 2 is 2.06 bits per heavy atom. The maximum atomic E-state index is 14.1. The fourth-order valence-electron chi connectivity index (χ4n) is 4.18. The monoisotopic (exact) mass is 472 g/mol. The first kappa shape index (κ1) is 22.7. The maximum absolute atomic E-state index is 14.1. The van der Waals surface area contributed by atoms with E-state index in [2.05, 4.69) is 15.6 Å². The number of carbonyl (C=O) groups excluding carboxylic acids is 3. The minimum absolute atomic E-state index is 0.00440. The molecule has 4 rings (SSSR count). The fourth-order valence-corrected chi connectivity index (χ4v) is 4.38. The minimum Gasteiger partial charge on any atom is -0.374 e. The number of pyridine rings is 1. The molecule has 1 aromatic carbocycles. The number of nitrogens with two attached hydrogens (primary N) is 1. The number of amides is 3. The van der Waals surface area contributed by atoms with Gasteiger partial charge >= 0.3 is 0 Å². The number of carbonyl (C=O) groups is 3. The Hall–Kier alpha value is -3.53. The topological polar surface area (TPSA) is 141 Å². The summed E-state index contributed by atoms with van der Waals surface area (Å²) in [6.07, 6.45) is 4.19. The van der Waals surface area contributed by atoms with Gasteiger partial charge < -0.3 is 21.3 Å². The molecule has 1 saturated heterocycles. The van der Waals surface area contributed by atoms with E-state index in [1.165, 1.54) is 30.6 Å². The first-order valence-electron chi connectivity index (χ1n) is 10.4. The van der Waals surface area contributed by atoms with Crippen LogP contribution in [0.1, 0.15) is 24.0 Å². The van der Waals surface area contributed by atoms with Gasteiger partial charge in [-0.15, -0.1) is 0 Å². The summed E-state index contributed by atoms with van der Waals surface area (Å²) in [5.41, 5.74) is 5.60. The Kier molecular flexibility index (Phi) is 6.28. The van der Waals surface area contributed by atoms with Gasteiger partial charge in [0, 0.05) is 29.9 Å². The molecule has 5 N–H and O–H groups in total. The number of hydrogen-bond acceptors (Lipinski definition) is 6. The summed E-state index contributed by atoms with van der Waals surface area (Å²) in [6.45, 7) is -0.188. The first-order chi connectivity index (χ1) is 15.8. The van der Waals surface area contributed by atoms with Gasteiger partial charge in [0.25, 0.3) is 5.91 Å². The zero-order chi connectivity index (χ0) is 23.7. The van der Waals surface area contributed by atoms with Crippen LogP contribution in [0.4, 0.5) is 10.1 Å². The lowest BCUT2D eigenvalue weighted by Crippen LogP contribution is -2.49. The predicted octanol–water partition coefficient (Wildman–Crippen LogP) is 1.44. The summed E-state index contributed by atoms with van der Waals surface area (Å²) in [4.78, 5) is 42.7. The lowest BCUT2D eigenvalue weighted by Gasteiger charge is -2.27. The molecule has 33 heavy (non-hydrogen) atoms. The van der Waals surface area contributed by atoms with Crippen LogP contribution in [0.5, 0.6) is 0 Å². The second-order valence-electron chi connectivity index (χ2n) is 8.06. The third-order valence-electron chi connectivity index (χ3n) is 5.95. The van der Waals surface area contributed by atoms with E-state index in [1.54, 1.807) is 11.0 Å². The number of fused-ring (bicyclic) bond motifs is 1. The average Bonchev–Trinajstić information content (AvgIpc) is 3.47. The molecule has 3 atom stereocenters. The van der Waals surface area contributed by atoms with Crippen molar-refractivity contribution in [1.29, 1.82) is 5.41 Å². The van der Waals surface area contributed by atoms with E-state index >= 15 is 0 Å². The maximum Gasteiger partial charge on any atom is 0.267 e. The van der Waals surface area contributed by atoms with Crippen LogP contribution in [0, 0.1) is 17.1 Å². The second-order valence-corrected chi connectivity index (χ2v) is 8.47. The van der Waals surface area contributed by atoms with Crippen molar-refractivity contribution in [2.24, 2.45) is 11.7 Å². The molecule has 2 aliphatic rings. The molecule has 0 spiro atoms. The van der Waals surface area contributed by atoms with E-state index in [0.29, 0.717) is 12.1 Å². The number of halogens is 2. The number of likely N-dealkylation sites (tertiary alicyclic amines) is 1. The van der Waals surface area contributed by atoms with Gasteiger partial charge in [0.1, 0.15) is 17.6 Å². The number of piperidine rings is 1. The van der Waals surface area contributed by atoms with Crippen molar-refractivity contribution in [3.05, 3.63) is 58.6 Å². The Bertz CT molecular complexity index is 1140. The van der Waals surface area contributed by atoms with Crippen molar-refractivity contribution in [3.8, 4) is 0 Å². The molecule has 3 amide bonds. The molecule has 1 saturated carbocycles. The van der Waals surface area contributed by atoms with Crippen LogP contribution < -0.4 is 16.4 Å². The van der Waals surface area contributed by atoms with Crippen LogP contribution in [-0.2, 0) is 20.9 Å². The van der Waals surface area contributed by atoms with Crippen molar-refractivity contribution in [2.45, 2.75) is 31.5 Å². The van der Waals surface area contributed by atoms with Crippen LogP contribution in [0.3, 0.4) is 0 Å². The fraction of sp³-hybridized carbons (Fsp3) is 0.318. The van der Waals surface area contributed by atoms with Crippen LogP contribution in [0.15, 0.2) is 36.7 Å². The number of nitrogens with one attached hydrogen (secondary N) is 3. The summed E-state index contributed by atoms with van der Waals surface area (Å²) >= 11 is 5.79. The van der Waals surface area contributed by atoms with E-state index < -0.39 is 23.5 Å². The van der Waals surface area contributed by atoms with Gasteiger partial charge in [-0.25, -0.2) is 4.39 Å². The van der Waals surface area contributed by atoms with Crippen LogP contribution >= 0.6 is 11.6 Å². The highest BCUT2D eigenvalue weighted by atomic mass is 35.5. The molecule has 0 radical (unpaired) electrons. The van der Waals surface area contributed by atoms with Crippen LogP contribution in [0.2, 0.25) is 5.02 Å².